The zero-order chi connectivity index (χ0) is 11.7. The Labute approximate surface area is 129 Å². The summed E-state index contributed by atoms with van der Waals surface area (Å²) in [5.74, 6) is -1.13. The molecule has 0 rings (SSSR count). The van der Waals surface area contributed by atoms with Crippen molar-refractivity contribution in [2.75, 3.05) is 12.4 Å². The number of carboxylic acid groups (broad SMARTS) is 1. The molecule has 0 bridgehead atoms. The fourth-order valence-corrected chi connectivity index (χ4v) is 1.46. The van der Waals surface area contributed by atoms with E-state index < -0.39 is 5.97 Å². The normalized spacial score (nSPS) is 10.5. The molecule has 6 heteroatoms. The Morgan fingerprint density at radius 2 is 2.00 bits per heavy atom. The van der Waals surface area contributed by atoms with Gasteiger partial charge in [0.15, 0.2) is 0 Å². The minimum absolute atomic E-state index is 0. The van der Waals surface area contributed by atoms with Gasteiger partial charge in [-0.3, -0.25) is 4.79 Å². The molecule has 0 saturated carbocycles. The largest absolute Gasteiger partial charge is 0.478 e. The van der Waals surface area contributed by atoms with Gasteiger partial charge in [-0.05, 0) is 19.3 Å². The molecule has 1 N–H and O–H groups in total. The Morgan fingerprint density at radius 3 is 2.44 bits per heavy atom. The Balaban J connectivity index is 0. The van der Waals surface area contributed by atoms with Crippen LogP contribution >= 0.6 is 15.9 Å². The molecule has 0 aliphatic carbocycles. The first-order valence-corrected chi connectivity index (χ1v) is 5.79. The number of carbonyl (C=O) groups excluding carboxylic acids is 1. The standard InChI is InChI=1S/C10H15BrO4.Y/c1-15-9(12)6-4-2-3-5-8(7-11)10(13)14;/h5H,2-4,6-7H2,1H3,(H,13,14);/b8-5+;. The topological polar surface area (TPSA) is 63.6 Å². The van der Waals surface area contributed by atoms with Gasteiger partial charge in [0.1, 0.15) is 0 Å². The molecule has 0 fully saturated rings. The number of ether oxygens (including phenoxy) is 1. The van der Waals surface area contributed by atoms with Crippen LogP contribution in [0.3, 0.4) is 0 Å². The first-order chi connectivity index (χ1) is 7.11. The van der Waals surface area contributed by atoms with E-state index in [0.29, 0.717) is 23.7 Å². The van der Waals surface area contributed by atoms with Crippen molar-refractivity contribution in [1.82, 2.24) is 0 Å². The van der Waals surface area contributed by atoms with E-state index in [1.807, 2.05) is 0 Å². The first kappa shape index (κ1) is 18.6. The number of unbranched alkanes of at least 4 members (excludes halogenated alkanes) is 2. The van der Waals surface area contributed by atoms with Gasteiger partial charge in [-0.2, -0.15) is 0 Å². The average molecular weight is 368 g/mol. The van der Waals surface area contributed by atoms with E-state index in [9.17, 15) is 9.59 Å². The SMILES string of the molecule is COC(=O)CCCC/C=C(\CBr)C(=O)O.[Y]. The van der Waals surface area contributed by atoms with Gasteiger partial charge in [0.05, 0.1) is 7.11 Å². The van der Waals surface area contributed by atoms with Gasteiger partial charge in [0.2, 0.25) is 0 Å². The van der Waals surface area contributed by atoms with Crippen LogP contribution in [-0.2, 0) is 47.0 Å². The van der Waals surface area contributed by atoms with E-state index in [1.165, 1.54) is 7.11 Å². The second-order valence-electron chi connectivity index (χ2n) is 2.99. The summed E-state index contributed by atoms with van der Waals surface area (Å²) in [7, 11) is 1.36. The number of carbonyl (C=O) groups is 2. The summed E-state index contributed by atoms with van der Waals surface area (Å²) in [6.07, 6.45) is 4.25. The van der Waals surface area contributed by atoms with Crippen LogP contribution in [0.15, 0.2) is 11.6 Å². The van der Waals surface area contributed by atoms with Crippen molar-refractivity contribution in [3.05, 3.63) is 11.6 Å². The molecule has 0 spiro atoms. The second kappa shape index (κ2) is 11.7. The maximum Gasteiger partial charge on any atom is 0.332 e. The second-order valence-corrected chi connectivity index (χ2v) is 3.55. The first-order valence-electron chi connectivity index (χ1n) is 4.67. The summed E-state index contributed by atoms with van der Waals surface area (Å²) in [4.78, 5) is 21.3. The van der Waals surface area contributed by atoms with Crippen molar-refractivity contribution >= 4 is 27.9 Å². The van der Waals surface area contributed by atoms with Crippen LogP contribution in [0.2, 0.25) is 0 Å². The molecule has 0 amide bonds. The zero-order valence-electron chi connectivity index (χ0n) is 9.24. The third kappa shape index (κ3) is 9.49. The summed E-state index contributed by atoms with van der Waals surface area (Å²) in [5, 5.41) is 9.03. The molecule has 0 aromatic heterocycles. The summed E-state index contributed by atoms with van der Waals surface area (Å²) in [6, 6.07) is 0. The van der Waals surface area contributed by atoms with Crippen molar-refractivity contribution < 1.29 is 52.1 Å². The van der Waals surface area contributed by atoms with Crippen LogP contribution in [0.4, 0.5) is 0 Å². The number of allylic oxidation sites excluding steroid dienone is 1. The molecule has 89 valence electrons. The monoisotopic (exact) mass is 367 g/mol. The number of rotatable bonds is 7. The molecule has 0 heterocycles. The Kier molecular flexibility index (Phi) is 13.7. The molecule has 0 aliphatic heterocycles. The summed E-state index contributed by atoms with van der Waals surface area (Å²) >= 11 is 3.10. The number of hydrogen-bond acceptors (Lipinski definition) is 3. The summed E-state index contributed by atoms with van der Waals surface area (Å²) < 4.78 is 4.48. The molecule has 0 aliphatic rings. The molecule has 0 atom stereocenters. The predicted molar refractivity (Wildman–Crippen MR) is 60.0 cm³/mol. The van der Waals surface area contributed by atoms with Crippen molar-refractivity contribution in [2.45, 2.75) is 25.7 Å². The maximum atomic E-state index is 10.7. The van der Waals surface area contributed by atoms with Crippen LogP contribution in [0.1, 0.15) is 25.7 Å². The van der Waals surface area contributed by atoms with Crippen LogP contribution in [0.5, 0.6) is 0 Å². The van der Waals surface area contributed by atoms with Gasteiger partial charge >= 0.3 is 11.9 Å². The van der Waals surface area contributed by atoms with E-state index in [0.717, 1.165) is 12.8 Å². The van der Waals surface area contributed by atoms with Crippen molar-refractivity contribution in [3.8, 4) is 0 Å². The van der Waals surface area contributed by atoms with E-state index >= 15 is 0 Å². The molecular formula is C10H15BrO4Y. The van der Waals surface area contributed by atoms with Crippen LogP contribution in [-0.4, -0.2) is 29.5 Å². The molecule has 16 heavy (non-hydrogen) atoms. The molecule has 4 nitrogen and oxygen atoms in total. The molecular weight excluding hydrogens is 353 g/mol. The zero-order valence-corrected chi connectivity index (χ0v) is 13.7. The van der Waals surface area contributed by atoms with Crippen molar-refractivity contribution in [3.63, 3.8) is 0 Å². The van der Waals surface area contributed by atoms with E-state index in [2.05, 4.69) is 20.7 Å². The van der Waals surface area contributed by atoms with Crippen LogP contribution in [0, 0.1) is 0 Å². The maximum absolute atomic E-state index is 10.7. The van der Waals surface area contributed by atoms with Crippen LogP contribution in [0.25, 0.3) is 0 Å². The van der Waals surface area contributed by atoms with Gasteiger partial charge in [-0.1, -0.05) is 22.0 Å². The van der Waals surface area contributed by atoms with Crippen molar-refractivity contribution in [1.29, 1.82) is 0 Å². The third-order valence-corrected chi connectivity index (χ3v) is 2.48. The Hall–Kier alpha value is 0.264. The fraction of sp³-hybridized carbons (Fsp3) is 0.600. The van der Waals surface area contributed by atoms with Crippen molar-refractivity contribution in [2.24, 2.45) is 0 Å². The average Bonchev–Trinajstić information content (AvgIpc) is 2.22. The Bertz CT molecular complexity index is 253. The number of esters is 1. The van der Waals surface area contributed by atoms with Crippen LogP contribution < -0.4 is 0 Å². The number of alkyl halides is 1. The van der Waals surface area contributed by atoms with Gasteiger partial charge in [0.25, 0.3) is 0 Å². The van der Waals surface area contributed by atoms with E-state index in [-0.39, 0.29) is 38.7 Å². The smallest absolute Gasteiger partial charge is 0.332 e. The minimum Gasteiger partial charge on any atom is -0.478 e. The van der Waals surface area contributed by atoms with Gasteiger partial charge < -0.3 is 9.84 Å². The predicted octanol–water partition coefficient (Wildman–Crippen LogP) is 2.12. The number of methoxy groups -OCH3 is 1. The molecule has 1 radical (unpaired) electrons. The number of halogens is 1. The quantitative estimate of drug-likeness (QED) is 0.324. The van der Waals surface area contributed by atoms with Gasteiger partial charge in [-0.15, -0.1) is 0 Å². The fourth-order valence-electron chi connectivity index (χ4n) is 0.991. The Morgan fingerprint density at radius 1 is 1.38 bits per heavy atom. The van der Waals surface area contributed by atoms with E-state index in [4.69, 9.17) is 5.11 Å². The molecule has 0 saturated heterocycles. The molecule has 0 aromatic carbocycles. The number of aliphatic carboxylic acids is 1. The summed E-state index contributed by atoms with van der Waals surface area (Å²) in [6.45, 7) is 0. The van der Waals surface area contributed by atoms with E-state index in [1.54, 1.807) is 6.08 Å². The molecule has 0 aromatic rings. The summed E-state index contributed by atoms with van der Waals surface area (Å²) in [5.41, 5.74) is 0.355. The van der Waals surface area contributed by atoms with Gasteiger partial charge in [-0.25, -0.2) is 4.79 Å². The van der Waals surface area contributed by atoms with Gasteiger partial charge in [0, 0.05) is 50.0 Å². The third-order valence-electron chi connectivity index (χ3n) is 1.87. The number of hydrogen-bond donors (Lipinski definition) is 1. The number of carboxylic acids is 1. The molecule has 0 unspecified atom stereocenters. The minimum atomic E-state index is -0.903.